The zero-order valence-corrected chi connectivity index (χ0v) is 34.2. The smallest absolute Gasteiger partial charge is 0.136 e. The third-order valence-corrected chi connectivity index (χ3v) is 12.9. The molecule has 63 heavy (non-hydrogen) atoms. The number of para-hydroxylation sites is 1. The number of aromatic nitrogens is 1. The van der Waals surface area contributed by atoms with E-state index in [1.165, 1.54) is 54.2 Å². The molecule has 0 bridgehead atoms. The summed E-state index contributed by atoms with van der Waals surface area (Å²) in [5.74, 6) is 0. The van der Waals surface area contributed by atoms with E-state index >= 15 is 0 Å². The van der Waals surface area contributed by atoms with E-state index in [-0.39, 0.29) is 0 Å². The largest absolute Gasteiger partial charge is 0.456 e. The van der Waals surface area contributed by atoms with Gasteiger partial charge in [-0.2, -0.15) is 0 Å². The molecule has 13 aromatic rings. The minimum atomic E-state index is 0.866. The van der Waals surface area contributed by atoms with E-state index in [4.69, 9.17) is 4.42 Å². The summed E-state index contributed by atoms with van der Waals surface area (Å²) in [6.45, 7) is 0. The fraction of sp³-hybridized carbons (Fsp3) is 0. The lowest BCUT2D eigenvalue weighted by atomic mass is 9.95. The number of benzene rings is 11. The average molecular weight is 803 g/mol. The van der Waals surface area contributed by atoms with Gasteiger partial charge in [0, 0.05) is 44.3 Å². The molecule has 13 rings (SSSR count). The Morgan fingerprint density at radius 1 is 0.286 bits per heavy atom. The second kappa shape index (κ2) is 14.1. The van der Waals surface area contributed by atoms with E-state index in [9.17, 15) is 0 Å². The normalized spacial score (nSPS) is 11.8. The molecule has 11 aromatic carbocycles. The van der Waals surface area contributed by atoms with Crippen LogP contribution in [-0.2, 0) is 0 Å². The second-order valence-electron chi connectivity index (χ2n) is 16.6. The van der Waals surface area contributed by atoms with E-state index in [1.54, 1.807) is 0 Å². The number of furan rings is 1. The van der Waals surface area contributed by atoms with Gasteiger partial charge in [-0.3, -0.25) is 0 Å². The van der Waals surface area contributed by atoms with E-state index < -0.39 is 0 Å². The quantitative estimate of drug-likeness (QED) is 0.167. The highest BCUT2D eigenvalue weighted by molar-refractivity contribution is 6.13. The van der Waals surface area contributed by atoms with Crippen molar-refractivity contribution in [2.24, 2.45) is 0 Å². The van der Waals surface area contributed by atoms with Crippen LogP contribution >= 0.6 is 0 Å². The number of nitrogens with zero attached hydrogens (tertiary/aromatic N) is 2. The average Bonchev–Trinajstić information content (AvgIpc) is 3.87. The van der Waals surface area contributed by atoms with Gasteiger partial charge < -0.3 is 13.9 Å². The number of hydrogen-bond acceptors (Lipinski definition) is 2. The van der Waals surface area contributed by atoms with Crippen LogP contribution in [0.3, 0.4) is 0 Å². The lowest BCUT2D eigenvalue weighted by Crippen LogP contribution is -2.10. The number of fused-ring (bicyclic) bond motifs is 9. The van der Waals surface area contributed by atoms with Crippen molar-refractivity contribution in [1.29, 1.82) is 0 Å². The molecule has 0 atom stereocenters. The minimum Gasteiger partial charge on any atom is -0.456 e. The Morgan fingerprint density at radius 3 is 1.67 bits per heavy atom. The third-order valence-electron chi connectivity index (χ3n) is 12.9. The highest BCUT2D eigenvalue weighted by Crippen LogP contribution is 2.44. The Hall–Kier alpha value is -8.40. The molecule has 0 saturated carbocycles. The first-order valence-corrected chi connectivity index (χ1v) is 21.6. The van der Waals surface area contributed by atoms with Crippen molar-refractivity contribution < 1.29 is 4.42 Å². The fourth-order valence-corrected chi connectivity index (χ4v) is 9.80. The summed E-state index contributed by atoms with van der Waals surface area (Å²) in [6.07, 6.45) is 0. The summed E-state index contributed by atoms with van der Waals surface area (Å²) in [7, 11) is 0. The van der Waals surface area contributed by atoms with Crippen molar-refractivity contribution in [3.8, 4) is 27.9 Å². The van der Waals surface area contributed by atoms with Gasteiger partial charge in [-0.05, 0) is 140 Å². The molecule has 0 amide bonds. The van der Waals surface area contributed by atoms with Crippen LogP contribution < -0.4 is 4.90 Å². The molecule has 294 valence electrons. The van der Waals surface area contributed by atoms with Crippen LogP contribution in [0.4, 0.5) is 17.1 Å². The first-order chi connectivity index (χ1) is 31.2. The van der Waals surface area contributed by atoms with E-state index in [1.807, 2.05) is 0 Å². The number of hydrogen-bond donors (Lipinski definition) is 0. The second-order valence-corrected chi connectivity index (χ2v) is 16.6. The molecule has 2 aromatic heterocycles. The van der Waals surface area contributed by atoms with Crippen molar-refractivity contribution in [1.82, 2.24) is 4.57 Å². The SMILES string of the molecule is c1ccc(-c2cc(-c3ccc4ccccc4c3)cc(N(c3ccc4oc5cc6ccccc6cc5c4c3)c3ccc4c5ccccc5n(-c5ccc6ccccc6c5)c4c3)c2)cc1. The molecule has 0 spiro atoms. The van der Waals surface area contributed by atoms with Crippen LogP contribution in [0.2, 0.25) is 0 Å². The molecule has 0 unspecified atom stereocenters. The molecule has 0 aliphatic heterocycles. The summed E-state index contributed by atoms with van der Waals surface area (Å²) >= 11 is 0. The highest BCUT2D eigenvalue weighted by Gasteiger charge is 2.21. The Labute approximate surface area is 363 Å². The van der Waals surface area contributed by atoms with Gasteiger partial charge in [-0.25, -0.2) is 0 Å². The zero-order valence-electron chi connectivity index (χ0n) is 34.2. The van der Waals surface area contributed by atoms with Gasteiger partial charge in [0.15, 0.2) is 0 Å². The standard InChI is InChI=1S/C60H38N2O/c1-2-12-39(13-3-1)47-31-48(46-23-22-40-14-4-6-16-42(40)30-46)34-52(33-47)61(50-27-29-59-56(37-50)55-35-44-18-8-9-19-45(44)36-60(55)63-59)51-26-28-54-53-20-10-11-21-57(53)62(58(54)38-51)49-25-24-41-15-5-7-17-43(41)32-49/h1-38H. The molecule has 0 fully saturated rings. The van der Waals surface area contributed by atoms with Gasteiger partial charge in [-0.1, -0.05) is 146 Å². The highest BCUT2D eigenvalue weighted by atomic mass is 16.3. The van der Waals surface area contributed by atoms with Gasteiger partial charge in [0.25, 0.3) is 0 Å². The van der Waals surface area contributed by atoms with E-state index in [0.29, 0.717) is 0 Å². The van der Waals surface area contributed by atoms with Crippen LogP contribution in [0, 0.1) is 0 Å². The van der Waals surface area contributed by atoms with Gasteiger partial charge in [0.1, 0.15) is 11.2 Å². The first kappa shape index (κ1) is 35.4. The summed E-state index contributed by atoms with van der Waals surface area (Å²) < 4.78 is 8.99. The van der Waals surface area contributed by atoms with Crippen LogP contribution in [0.5, 0.6) is 0 Å². The monoisotopic (exact) mass is 802 g/mol. The van der Waals surface area contributed by atoms with Crippen LogP contribution in [-0.4, -0.2) is 4.57 Å². The maximum Gasteiger partial charge on any atom is 0.136 e. The summed E-state index contributed by atoms with van der Waals surface area (Å²) in [5, 5.41) is 11.9. The van der Waals surface area contributed by atoms with Crippen molar-refractivity contribution in [3.05, 3.63) is 231 Å². The van der Waals surface area contributed by atoms with Gasteiger partial charge in [-0.15, -0.1) is 0 Å². The van der Waals surface area contributed by atoms with Crippen molar-refractivity contribution in [3.63, 3.8) is 0 Å². The third kappa shape index (κ3) is 5.89. The maximum absolute atomic E-state index is 6.56. The maximum atomic E-state index is 6.56. The summed E-state index contributed by atoms with van der Waals surface area (Å²) in [5.41, 5.74) is 13.0. The van der Waals surface area contributed by atoms with Gasteiger partial charge in [0.05, 0.1) is 11.0 Å². The Bertz CT molecular complexity index is 3930. The number of anilines is 3. The van der Waals surface area contributed by atoms with E-state index in [0.717, 1.165) is 66.9 Å². The topological polar surface area (TPSA) is 21.3 Å². The molecule has 0 aliphatic rings. The molecular formula is C60H38N2O. The predicted molar refractivity (Wildman–Crippen MR) is 266 cm³/mol. The summed E-state index contributed by atoms with van der Waals surface area (Å²) in [4.78, 5) is 2.43. The fourth-order valence-electron chi connectivity index (χ4n) is 9.80. The Balaban J connectivity index is 1.09. The molecule has 3 heteroatoms. The predicted octanol–water partition coefficient (Wildman–Crippen LogP) is 16.9. The van der Waals surface area contributed by atoms with Gasteiger partial charge >= 0.3 is 0 Å². The molecular weight excluding hydrogens is 765 g/mol. The number of rotatable bonds is 6. The first-order valence-electron chi connectivity index (χ1n) is 21.6. The Morgan fingerprint density at radius 2 is 0.873 bits per heavy atom. The molecule has 0 N–H and O–H groups in total. The molecule has 0 saturated heterocycles. The van der Waals surface area contributed by atoms with Crippen LogP contribution in [0.15, 0.2) is 235 Å². The summed E-state index contributed by atoms with van der Waals surface area (Å²) in [6, 6.07) is 83.9. The van der Waals surface area contributed by atoms with Crippen molar-refractivity contribution in [2.45, 2.75) is 0 Å². The lowest BCUT2D eigenvalue weighted by molar-refractivity contribution is 0.669. The van der Waals surface area contributed by atoms with Crippen molar-refractivity contribution in [2.75, 3.05) is 4.90 Å². The minimum absolute atomic E-state index is 0.866. The lowest BCUT2D eigenvalue weighted by Gasteiger charge is -2.27. The van der Waals surface area contributed by atoms with Gasteiger partial charge in [0.2, 0.25) is 0 Å². The van der Waals surface area contributed by atoms with Crippen LogP contribution in [0.25, 0.3) is 104 Å². The molecule has 0 aliphatic carbocycles. The molecule has 2 heterocycles. The van der Waals surface area contributed by atoms with E-state index in [2.05, 4.69) is 240 Å². The van der Waals surface area contributed by atoms with Crippen LogP contribution in [0.1, 0.15) is 0 Å². The Kier molecular flexibility index (Phi) is 7.91. The zero-order chi connectivity index (χ0) is 41.4. The molecule has 3 nitrogen and oxygen atoms in total. The molecule has 0 radical (unpaired) electrons. The van der Waals surface area contributed by atoms with Crippen molar-refractivity contribution >= 4 is 93.1 Å².